The fourth-order valence-corrected chi connectivity index (χ4v) is 2.60. The molecule has 3 nitrogen and oxygen atoms in total. The molecule has 1 aromatic carbocycles. The molecule has 1 saturated heterocycles. The van der Waals surface area contributed by atoms with Gasteiger partial charge in [0, 0.05) is 30.6 Å². The van der Waals surface area contributed by atoms with Crippen LogP contribution in [0.3, 0.4) is 0 Å². The Labute approximate surface area is 114 Å². The predicted octanol–water partition coefficient (Wildman–Crippen LogP) is 2.16. The Morgan fingerprint density at radius 1 is 1.28 bits per heavy atom. The highest BCUT2D eigenvalue weighted by Crippen LogP contribution is 2.39. The summed E-state index contributed by atoms with van der Waals surface area (Å²) in [7, 11) is 0. The van der Waals surface area contributed by atoms with Gasteiger partial charge in [0.15, 0.2) is 0 Å². The number of carbonyl (C=O) groups is 1. The van der Waals surface area contributed by atoms with Crippen LogP contribution in [0, 0.1) is 0 Å². The maximum absolute atomic E-state index is 12.2. The van der Waals surface area contributed by atoms with Gasteiger partial charge >= 0.3 is 0 Å². The van der Waals surface area contributed by atoms with Crippen molar-refractivity contribution >= 4 is 18.3 Å². The van der Waals surface area contributed by atoms with Crippen molar-refractivity contribution in [2.45, 2.75) is 31.2 Å². The van der Waals surface area contributed by atoms with Crippen molar-refractivity contribution in [1.29, 1.82) is 0 Å². The number of nitrogens with two attached hydrogens (primary N) is 1. The number of rotatable bonds is 2. The lowest BCUT2D eigenvalue weighted by atomic mass is 10.1. The monoisotopic (exact) mass is 266 g/mol. The van der Waals surface area contributed by atoms with Crippen LogP contribution in [0.2, 0.25) is 0 Å². The summed E-state index contributed by atoms with van der Waals surface area (Å²) in [5, 5.41) is 0. The lowest BCUT2D eigenvalue weighted by molar-refractivity contribution is 0.0792. The molecule has 2 fully saturated rings. The minimum absolute atomic E-state index is 0. The molecule has 18 heavy (non-hydrogen) atoms. The third-order valence-corrected chi connectivity index (χ3v) is 3.79. The molecule has 4 heteroatoms. The first-order valence-corrected chi connectivity index (χ1v) is 6.40. The third-order valence-electron chi connectivity index (χ3n) is 3.79. The summed E-state index contributed by atoms with van der Waals surface area (Å²) in [5.74, 6) is 0.653. The topological polar surface area (TPSA) is 46.3 Å². The predicted molar refractivity (Wildman–Crippen MR) is 74.2 cm³/mol. The van der Waals surface area contributed by atoms with Crippen LogP contribution in [0.4, 0.5) is 0 Å². The molecule has 1 aliphatic carbocycles. The molecule has 1 aliphatic heterocycles. The molecule has 1 heterocycles. The minimum atomic E-state index is 0. The third kappa shape index (κ3) is 2.52. The van der Waals surface area contributed by atoms with Gasteiger partial charge in [0.25, 0.3) is 5.91 Å². The molecule has 2 unspecified atom stereocenters. The van der Waals surface area contributed by atoms with Gasteiger partial charge in [0.05, 0.1) is 0 Å². The molecule has 1 saturated carbocycles. The van der Waals surface area contributed by atoms with Gasteiger partial charge in [-0.3, -0.25) is 4.79 Å². The fraction of sp³-hybridized carbons (Fsp3) is 0.500. The molecule has 3 rings (SSSR count). The number of amides is 1. The SMILES string of the molecule is Cl.NC1CC1c1cccc(C(=O)N2CCCC2)c1. The van der Waals surface area contributed by atoms with Gasteiger partial charge in [0.1, 0.15) is 0 Å². The van der Waals surface area contributed by atoms with E-state index >= 15 is 0 Å². The Hall–Kier alpha value is -1.06. The van der Waals surface area contributed by atoms with E-state index in [4.69, 9.17) is 5.73 Å². The smallest absolute Gasteiger partial charge is 0.253 e. The van der Waals surface area contributed by atoms with E-state index in [9.17, 15) is 4.79 Å². The number of likely N-dealkylation sites (tertiary alicyclic amines) is 1. The first kappa shape index (κ1) is 13.4. The van der Waals surface area contributed by atoms with Gasteiger partial charge in [-0.25, -0.2) is 0 Å². The first-order valence-electron chi connectivity index (χ1n) is 6.40. The molecule has 98 valence electrons. The van der Waals surface area contributed by atoms with Gasteiger partial charge in [-0.2, -0.15) is 0 Å². The van der Waals surface area contributed by atoms with Crippen molar-refractivity contribution in [3.63, 3.8) is 0 Å². The largest absolute Gasteiger partial charge is 0.339 e. The van der Waals surface area contributed by atoms with Crippen LogP contribution in [0.15, 0.2) is 24.3 Å². The van der Waals surface area contributed by atoms with Crippen LogP contribution in [0.5, 0.6) is 0 Å². The highest BCUT2D eigenvalue weighted by molar-refractivity contribution is 5.94. The zero-order chi connectivity index (χ0) is 11.8. The second kappa shape index (κ2) is 5.29. The van der Waals surface area contributed by atoms with E-state index in [-0.39, 0.29) is 18.3 Å². The van der Waals surface area contributed by atoms with E-state index in [2.05, 4.69) is 6.07 Å². The summed E-state index contributed by atoms with van der Waals surface area (Å²) in [6, 6.07) is 8.30. The van der Waals surface area contributed by atoms with Crippen molar-refractivity contribution < 1.29 is 4.79 Å². The van der Waals surface area contributed by atoms with E-state index in [0.717, 1.165) is 37.9 Å². The zero-order valence-electron chi connectivity index (χ0n) is 10.3. The molecule has 0 bridgehead atoms. The molecule has 1 amide bonds. The average molecular weight is 267 g/mol. The fourth-order valence-electron chi connectivity index (χ4n) is 2.60. The summed E-state index contributed by atoms with van der Waals surface area (Å²) in [6.07, 6.45) is 3.33. The van der Waals surface area contributed by atoms with E-state index in [1.807, 2.05) is 23.1 Å². The van der Waals surface area contributed by atoms with Crippen molar-refractivity contribution in [3.8, 4) is 0 Å². The normalized spacial score (nSPS) is 25.7. The number of hydrogen-bond donors (Lipinski definition) is 1. The van der Waals surface area contributed by atoms with Gasteiger partial charge < -0.3 is 10.6 Å². The van der Waals surface area contributed by atoms with E-state index in [1.54, 1.807) is 0 Å². The first-order chi connectivity index (χ1) is 8.25. The molecule has 0 aromatic heterocycles. The van der Waals surface area contributed by atoms with Crippen LogP contribution >= 0.6 is 12.4 Å². The minimum Gasteiger partial charge on any atom is -0.339 e. The summed E-state index contributed by atoms with van der Waals surface area (Å²) >= 11 is 0. The van der Waals surface area contributed by atoms with Gasteiger partial charge in [-0.05, 0) is 37.0 Å². The van der Waals surface area contributed by atoms with Crippen molar-refractivity contribution in [2.24, 2.45) is 5.73 Å². The number of halogens is 1. The standard InChI is InChI=1S/C14H18N2O.ClH/c15-13-9-12(13)10-4-3-5-11(8-10)14(17)16-6-1-2-7-16;/h3-5,8,12-13H,1-2,6-7,9,15H2;1H. The molecule has 1 aromatic rings. The van der Waals surface area contributed by atoms with E-state index in [0.29, 0.717) is 12.0 Å². The second-order valence-electron chi connectivity index (χ2n) is 5.13. The lowest BCUT2D eigenvalue weighted by Gasteiger charge is -2.15. The van der Waals surface area contributed by atoms with E-state index in [1.165, 1.54) is 5.56 Å². The molecule has 0 spiro atoms. The van der Waals surface area contributed by atoms with Crippen LogP contribution < -0.4 is 5.73 Å². The van der Waals surface area contributed by atoms with Crippen molar-refractivity contribution in [2.75, 3.05) is 13.1 Å². The maximum Gasteiger partial charge on any atom is 0.253 e. The molecular formula is C14H19ClN2O. The van der Waals surface area contributed by atoms with Crippen molar-refractivity contribution in [3.05, 3.63) is 35.4 Å². The van der Waals surface area contributed by atoms with Gasteiger partial charge in [-0.1, -0.05) is 12.1 Å². The molecular weight excluding hydrogens is 248 g/mol. The highest BCUT2D eigenvalue weighted by atomic mass is 35.5. The molecule has 2 N–H and O–H groups in total. The summed E-state index contributed by atoms with van der Waals surface area (Å²) in [5.41, 5.74) is 7.90. The highest BCUT2D eigenvalue weighted by Gasteiger charge is 2.35. The van der Waals surface area contributed by atoms with Crippen LogP contribution in [-0.4, -0.2) is 29.9 Å². The average Bonchev–Trinajstić information content (AvgIpc) is 2.88. The number of benzene rings is 1. The Kier molecular flexibility index (Phi) is 3.93. The van der Waals surface area contributed by atoms with Crippen LogP contribution in [-0.2, 0) is 0 Å². The lowest BCUT2D eigenvalue weighted by Crippen LogP contribution is -2.27. The molecule has 2 aliphatic rings. The van der Waals surface area contributed by atoms with Gasteiger partial charge in [-0.15, -0.1) is 12.4 Å². The van der Waals surface area contributed by atoms with E-state index < -0.39 is 0 Å². The second-order valence-corrected chi connectivity index (χ2v) is 5.13. The van der Waals surface area contributed by atoms with Crippen molar-refractivity contribution in [1.82, 2.24) is 4.90 Å². The van der Waals surface area contributed by atoms with Crippen LogP contribution in [0.25, 0.3) is 0 Å². The maximum atomic E-state index is 12.2. The van der Waals surface area contributed by atoms with Gasteiger partial charge in [0.2, 0.25) is 0 Å². The number of hydrogen-bond acceptors (Lipinski definition) is 2. The number of carbonyl (C=O) groups excluding carboxylic acids is 1. The molecule has 0 radical (unpaired) electrons. The molecule has 2 atom stereocenters. The summed E-state index contributed by atoms with van der Waals surface area (Å²) < 4.78 is 0. The Bertz CT molecular complexity index is 443. The summed E-state index contributed by atoms with van der Waals surface area (Å²) in [4.78, 5) is 14.2. The Morgan fingerprint density at radius 2 is 1.94 bits per heavy atom. The Morgan fingerprint density at radius 3 is 2.56 bits per heavy atom. The number of nitrogens with zero attached hydrogens (tertiary/aromatic N) is 1. The quantitative estimate of drug-likeness (QED) is 0.892. The Balaban J connectivity index is 0.00000120. The van der Waals surface area contributed by atoms with Crippen LogP contribution in [0.1, 0.15) is 41.1 Å². The zero-order valence-corrected chi connectivity index (χ0v) is 11.2. The summed E-state index contributed by atoms with van der Waals surface area (Å²) in [6.45, 7) is 1.82.